The van der Waals surface area contributed by atoms with Crippen molar-refractivity contribution in [2.75, 3.05) is 18.1 Å². The Morgan fingerprint density at radius 3 is 2.54 bits per heavy atom. The van der Waals surface area contributed by atoms with Gasteiger partial charge >= 0.3 is 6.09 Å². The van der Waals surface area contributed by atoms with Crippen LogP contribution in [0.5, 0.6) is 0 Å². The van der Waals surface area contributed by atoms with Crippen molar-refractivity contribution in [3.8, 4) is 0 Å². The average molecular weight is 289 g/mol. The van der Waals surface area contributed by atoms with Gasteiger partial charge in [-0.25, -0.2) is 4.79 Å². The van der Waals surface area contributed by atoms with Crippen LogP contribution >= 0.6 is 22.6 Å². The first-order valence-corrected chi connectivity index (χ1v) is 5.05. The number of carbonyl (C=O) groups is 1. The maximum absolute atomic E-state index is 11.2. The molecule has 1 heterocycles. The highest BCUT2D eigenvalue weighted by Crippen LogP contribution is 2.19. The zero-order chi connectivity index (χ0) is 9.26. The number of carbonyl (C=O) groups excluding carboxylic acids is 1. The molecule has 0 bridgehead atoms. The van der Waals surface area contributed by atoms with Gasteiger partial charge in [-0.05, 0) is 46.9 Å². The molecule has 0 radical (unpaired) electrons. The fourth-order valence-electron chi connectivity index (χ4n) is 1.25. The summed E-state index contributed by atoms with van der Waals surface area (Å²) in [4.78, 5) is 12.8. The third kappa shape index (κ3) is 1.77. The molecule has 1 aromatic carbocycles. The van der Waals surface area contributed by atoms with Crippen molar-refractivity contribution in [2.24, 2.45) is 0 Å². The number of amides is 1. The van der Waals surface area contributed by atoms with Gasteiger partial charge in [-0.2, -0.15) is 0 Å². The Morgan fingerprint density at radius 1 is 1.31 bits per heavy atom. The molecule has 1 amide bonds. The molecule has 0 atom stereocenters. The standard InChI is InChI=1S/C9H8INO2/c10-7-1-3-8(4-2-7)11-5-6-13-9(11)12/h1-4H,5-6H2. The predicted molar refractivity (Wildman–Crippen MR) is 57.9 cm³/mol. The van der Waals surface area contributed by atoms with E-state index < -0.39 is 0 Å². The molecule has 2 rings (SSSR count). The second-order valence-corrected chi connectivity index (χ2v) is 3.99. The third-order valence-electron chi connectivity index (χ3n) is 1.90. The van der Waals surface area contributed by atoms with E-state index in [0.29, 0.717) is 13.2 Å². The summed E-state index contributed by atoms with van der Waals surface area (Å²) in [6.45, 7) is 1.14. The lowest BCUT2D eigenvalue weighted by Gasteiger charge is -2.11. The van der Waals surface area contributed by atoms with Crippen LogP contribution in [0.2, 0.25) is 0 Å². The van der Waals surface area contributed by atoms with Crippen molar-refractivity contribution in [1.29, 1.82) is 0 Å². The molecule has 1 saturated heterocycles. The van der Waals surface area contributed by atoms with Gasteiger partial charge in [-0.3, -0.25) is 4.90 Å². The van der Waals surface area contributed by atoms with E-state index in [9.17, 15) is 4.79 Å². The molecule has 0 spiro atoms. The number of rotatable bonds is 1. The largest absolute Gasteiger partial charge is 0.447 e. The van der Waals surface area contributed by atoms with Crippen molar-refractivity contribution in [3.05, 3.63) is 27.8 Å². The van der Waals surface area contributed by atoms with E-state index in [4.69, 9.17) is 4.74 Å². The second kappa shape index (κ2) is 3.53. The molecule has 0 unspecified atom stereocenters. The van der Waals surface area contributed by atoms with E-state index in [0.717, 1.165) is 9.26 Å². The van der Waals surface area contributed by atoms with E-state index in [1.54, 1.807) is 4.90 Å². The molecule has 1 aliphatic rings. The maximum Gasteiger partial charge on any atom is 0.414 e. The van der Waals surface area contributed by atoms with Crippen molar-refractivity contribution in [3.63, 3.8) is 0 Å². The lowest BCUT2D eigenvalue weighted by atomic mass is 10.3. The highest BCUT2D eigenvalue weighted by Gasteiger charge is 2.22. The Balaban J connectivity index is 2.25. The van der Waals surface area contributed by atoms with Crippen LogP contribution in [0.25, 0.3) is 0 Å². The fraction of sp³-hybridized carbons (Fsp3) is 0.222. The number of benzene rings is 1. The summed E-state index contributed by atoms with van der Waals surface area (Å²) in [6, 6.07) is 7.80. The average Bonchev–Trinajstić information content (AvgIpc) is 2.53. The monoisotopic (exact) mass is 289 g/mol. The minimum absolute atomic E-state index is 0.249. The first kappa shape index (κ1) is 8.80. The fourth-order valence-corrected chi connectivity index (χ4v) is 1.61. The first-order valence-electron chi connectivity index (χ1n) is 3.97. The summed E-state index contributed by atoms with van der Waals surface area (Å²) in [5.41, 5.74) is 0.905. The van der Waals surface area contributed by atoms with Gasteiger partial charge in [0, 0.05) is 9.26 Å². The van der Waals surface area contributed by atoms with Crippen molar-refractivity contribution < 1.29 is 9.53 Å². The number of halogens is 1. The normalized spacial score (nSPS) is 16.1. The third-order valence-corrected chi connectivity index (χ3v) is 2.62. The quantitative estimate of drug-likeness (QED) is 0.742. The Kier molecular flexibility index (Phi) is 2.39. The molecular formula is C9H8INO2. The number of hydrogen-bond donors (Lipinski definition) is 0. The Bertz CT molecular complexity index is 323. The number of anilines is 1. The number of cyclic esters (lactones) is 1. The van der Waals surface area contributed by atoms with Crippen LogP contribution in [0.15, 0.2) is 24.3 Å². The van der Waals surface area contributed by atoms with Gasteiger partial charge in [0.1, 0.15) is 6.61 Å². The first-order chi connectivity index (χ1) is 6.27. The van der Waals surface area contributed by atoms with Crippen molar-refractivity contribution >= 4 is 34.4 Å². The minimum atomic E-state index is -0.249. The van der Waals surface area contributed by atoms with Crippen LogP contribution in [-0.2, 0) is 4.74 Å². The van der Waals surface area contributed by atoms with Crippen LogP contribution in [0.4, 0.5) is 10.5 Å². The molecule has 3 nitrogen and oxygen atoms in total. The Hall–Kier alpha value is -0.780. The zero-order valence-electron chi connectivity index (χ0n) is 6.87. The topological polar surface area (TPSA) is 29.5 Å². The SMILES string of the molecule is O=C1OCCN1c1ccc(I)cc1. The number of nitrogens with zero attached hydrogens (tertiary/aromatic N) is 1. The minimum Gasteiger partial charge on any atom is -0.447 e. The molecular weight excluding hydrogens is 281 g/mol. The Labute approximate surface area is 89.8 Å². The molecule has 0 aliphatic carbocycles. The van der Waals surface area contributed by atoms with Crippen LogP contribution in [0.3, 0.4) is 0 Å². The highest BCUT2D eigenvalue weighted by atomic mass is 127. The van der Waals surface area contributed by atoms with E-state index in [1.165, 1.54) is 0 Å². The maximum atomic E-state index is 11.2. The molecule has 1 fully saturated rings. The Morgan fingerprint density at radius 2 is 2.00 bits per heavy atom. The van der Waals surface area contributed by atoms with Crippen LogP contribution in [0.1, 0.15) is 0 Å². The lowest BCUT2D eigenvalue weighted by Crippen LogP contribution is -2.23. The van der Waals surface area contributed by atoms with E-state index >= 15 is 0 Å². The summed E-state index contributed by atoms with van der Waals surface area (Å²) in [7, 11) is 0. The van der Waals surface area contributed by atoms with Crippen molar-refractivity contribution in [2.45, 2.75) is 0 Å². The second-order valence-electron chi connectivity index (χ2n) is 2.74. The van der Waals surface area contributed by atoms with Crippen LogP contribution in [0, 0.1) is 3.57 Å². The van der Waals surface area contributed by atoms with Gasteiger partial charge in [-0.15, -0.1) is 0 Å². The molecule has 1 aromatic rings. The van der Waals surface area contributed by atoms with Gasteiger partial charge in [0.05, 0.1) is 6.54 Å². The van der Waals surface area contributed by atoms with Gasteiger partial charge in [-0.1, -0.05) is 0 Å². The van der Waals surface area contributed by atoms with Gasteiger partial charge < -0.3 is 4.74 Å². The van der Waals surface area contributed by atoms with Crippen molar-refractivity contribution in [1.82, 2.24) is 0 Å². The summed E-state index contributed by atoms with van der Waals surface area (Å²) in [5.74, 6) is 0. The van der Waals surface area contributed by atoms with Crippen LogP contribution in [-0.4, -0.2) is 19.2 Å². The molecule has 0 N–H and O–H groups in total. The van der Waals surface area contributed by atoms with E-state index in [2.05, 4.69) is 22.6 Å². The summed E-state index contributed by atoms with van der Waals surface area (Å²) < 4.78 is 6.00. The lowest BCUT2D eigenvalue weighted by molar-refractivity contribution is 0.181. The molecule has 0 saturated carbocycles. The highest BCUT2D eigenvalue weighted by molar-refractivity contribution is 14.1. The molecule has 13 heavy (non-hydrogen) atoms. The van der Waals surface area contributed by atoms with Crippen LogP contribution < -0.4 is 4.90 Å². The van der Waals surface area contributed by atoms with E-state index in [1.807, 2.05) is 24.3 Å². The number of hydrogen-bond acceptors (Lipinski definition) is 2. The van der Waals surface area contributed by atoms with Gasteiger partial charge in [0.15, 0.2) is 0 Å². The smallest absolute Gasteiger partial charge is 0.414 e. The van der Waals surface area contributed by atoms with Gasteiger partial charge in [0.2, 0.25) is 0 Å². The molecule has 4 heteroatoms. The summed E-state index contributed by atoms with van der Waals surface area (Å²) in [5, 5.41) is 0. The van der Waals surface area contributed by atoms with Gasteiger partial charge in [0.25, 0.3) is 0 Å². The number of ether oxygens (including phenoxy) is 1. The van der Waals surface area contributed by atoms with E-state index in [-0.39, 0.29) is 6.09 Å². The predicted octanol–water partition coefficient (Wildman–Crippen LogP) is 2.25. The zero-order valence-corrected chi connectivity index (χ0v) is 9.02. The molecule has 1 aliphatic heterocycles. The molecule has 68 valence electrons. The summed E-state index contributed by atoms with van der Waals surface area (Å²) in [6.07, 6.45) is -0.249. The molecule has 0 aromatic heterocycles. The summed E-state index contributed by atoms with van der Waals surface area (Å²) >= 11 is 2.23.